The predicted molar refractivity (Wildman–Crippen MR) is 123 cm³/mol. The number of methoxy groups -OCH3 is 2. The van der Waals surface area contributed by atoms with Gasteiger partial charge in [-0.15, -0.1) is 0 Å². The molecule has 1 aromatic carbocycles. The molecular weight excluding hydrogens is 402 g/mol. The molecule has 0 amide bonds. The molecular formula is C25H27N5O2. The molecule has 7 heteroatoms. The highest BCUT2D eigenvalue weighted by Crippen LogP contribution is 2.37. The first-order chi connectivity index (χ1) is 15.7. The van der Waals surface area contributed by atoms with Crippen LogP contribution < -0.4 is 9.47 Å². The minimum atomic E-state index is 0.329. The van der Waals surface area contributed by atoms with E-state index in [9.17, 15) is 0 Å². The van der Waals surface area contributed by atoms with E-state index in [1.165, 1.54) is 5.56 Å². The second kappa shape index (κ2) is 8.96. The summed E-state index contributed by atoms with van der Waals surface area (Å²) in [6.07, 6.45) is 8.03. The van der Waals surface area contributed by atoms with Crippen LogP contribution in [0.5, 0.6) is 11.5 Å². The lowest BCUT2D eigenvalue weighted by atomic mass is 9.97. The summed E-state index contributed by atoms with van der Waals surface area (Å²) in [7, 11) is 3.31. The molecule has 1 atom stereocenters. The highest BCUT2D eigenvalue weighted by Gasteiger charge is 2.25. The number of rotatable bonds is 6. The van der Waals surface area contributed by atoms with Crippen LogP contribution in [-0.2, 0) is 6.54 Å². The molecule has 32 heavy (non-hydrogen) atoms. The molecule has 7 nitrogen and oxygen atoms in total. The first-order valence-corrected chi connectivity index (χ1v) is 10.9. The maximum Gasteiger partial charge on any atom is 0.168 e. The lowest BCUT2D eigenvalue weighted by molar-refractivity contribution is 0.196. The number of pyridine rings is 2. The highest BCUT2D eigenvalue weighted by molar-refractivity contribution is 5.74. The maximum atomic E-state index is 5.61. The fraction of sp³-hybridized carbons (Fsp3) is 0.320. The molecule has 1 saturated heterocycles. The quantitative estimate of drug-likeness (QED) is 0.458. The number of ether oxygens (including phenoxy) is 2. The average molecular weight is 430 g/mol. The van der Waals surface area contributed by atoms with Crippen LogP contribution in [0.2, 0.25) is 0 Å². The Balaban J connectivity index is 1.40. The third kappa shape index (κ3) is 4.03. The van der Waals surface area contributed by atoms with Gasteiger partial charge < -0.3 is 9.47 Å². The van der Waals surface area contributed by atoms with Gasteiger partial charge >= 0.3 is 0 Å². The Morgan fingerprint density at radius 2 is 2.00 bits per heavy atom. The number of hydrogen-bond donors (Lipinski definition) is 0. The van der Waals surface area contributed by atoms with E-state index >= 15 is 0 Å². The number of para-hydroxylation sites is 1. The highest BCUT2D eigenvalue weighted by atomic mass is 16.5. The molecule has 3 aromatic heterocycles. The fourth-order valence-corrected chi connectivity index (χ4v) is 4.51. The number of benzene rings is 1. The van der Waals surface area contributed by atoms with E-state index in [4.69, 9.17) is 19.6 Å². The molecule has 0 saturated carbocycles. The number of hydrogen-bond acceptors (Lipinski definition) is 6. The number of aromatic nitrogens is 4. The second-order valence-electron chi connectivity index (χ2n) is 8.17. The summed E-state index contributed by atoms with van der Waals surface area (Å²) in [6.45, 7) is 2.97. The van der Waals surface area contributed by atoms with Crippen molar-refractivity contribution in [3.05, 3.63) is 72.4 Å². The Labute approximate surface area is 187 Å². The summed E-state index contributed by atoms with van der Waals surface area (Å²) in [6, 6.07) is 14.1. The van der Waals surface area contributed by atoms with Crippen LogP contribution in [-0.4, -0.2) is 51.8 Å². The number of nitrogens with zero attached hydrogens (tertiary/aromatic N) is 5. The van der Waals surface area contributed by atoms with Crippen molar-refractivity contribution in [3.8, 4) is 22.6 Å². The SMILES string of the molecule is COc1cccc(-c2ccc3nc([C@@H]4CCCN(Cc5cccnc5)C4)nn3c2)c1OC. The monoisotopic (exact) mass is 429 g/mol. The Morgan fingerprint density at radius 1 is 1.06 bits per heavy atom. The van der Waals surface area contributed by atoms with Gasteiger partial charge in [0.05, 0.1) is 14.2 Å². The van der Waals surface area contributed by atoms with Crippen LogP contribution in [0.1, 0.15) is 30.1 Å². The van der Waals surface area contributed by atoms with Gasteiger partial charge in [0.25, 0.3) is 0 Å². The third-order valence-electron chi connectivity index (χ3n) is 6.06. The summed E-state index contributed by atoms with van der Waals surface area (Å²) in [5.41, 5.74) is 4.07. The van der Waals surface area contributed by atoms with Crippen molar-refractivity contribution in [1.29, 1.82) is 0 Å². The van der Waals surface area contributed by atoms with E-state index in [1.54, 1.807) is 14.2 Å². The lowest BCUT2D eigenvalue weighted by Gasteiger charge is -2.31. The summed E-state index contributed by atoms with van der Waals surface area (Å²) < 4.78 is 12.9. The predicted octanol–water partition coefficient (Wildman–Crippen LogP) is 4.19. The molecule has 5 rings (SSSR count). The Hall–Kier alpha value is -3.45. The number of fused-ring (bicyclic) bond motifs is 1. The molecule has 1 aliphatic heterocycles. The smallest absolute Gasteiger partial charge is 0.168 e. The molecule has 0 radical (unpaired) electrons. The van der Waals surface area contributed by atoms with E-state index in [0.29, 0.717) is 17.4 Å². The molecule has 0 unspecified atom stereocenters. The van der Waals surface area contributed by atoms with Crippen molar-refractivity contribution in [3.63, 3.8) is 0 Å². The molecule has 0 spiro atoms. The van der Waals surface area contributed by atoms with E-state index in [-0.39, 0.29) is 0 Å². The molecule has 1 fully saturated rings. The summed E-state index contributed by atoms with van der Waals surface area (Å²) >= 11 is 0. The molecule has 0 bridgehead atoms. The van der Waals surface area contributed by atoms with Crippen molar-refractivity contribution in [2.45, 2.75) is 25.3 Å². The van der Waals surface area contributed by atoms with Gasteiger partial charge in [0.15, 0.2) is 23.0 Å². The largest absolute Gasteiger partial charge is 0.493 e. The van der Waals surface area contributed by atoms with Gasteiger partial charge in [0.1, 0.15) is 0 Å². The van der Waals surface area contributed by atoms with Gasteiger partial charge in [-0.05, 0) is 49.2 Å². The van der Waals surface area contributed by atoms with E-state index < -0.39 is 0 Å². The Morgan fingerprint density at radius 3 is 2.81 bits per heavy atom. The van der Waals surface area contributed by atoms with Crippen LogP contribution in [0.25, 0.3) is 16.8 Å². The minimum absolute atomic E-state index is 0.329. The molecule has 0 N–H and O–H groups in total. The van der Waals surface area contributed by atoms with Crippen molar-refractivity contribution in [2.24, 2.45) is 0 Å². The Bertz CT molecular complexity index is 1210. The summed E-state index contributed by atoms with van der Waals surface area (Å²) in [5.74, 6) is 2.67. The van der Waals surface area contributed by atoms with Crippen molar-refractivity contribution >= 4 is 5.65 Å². The van der Waals surface area contributed by atoms with Crippen LogP contribution in [0, 0.1) is 0 Å². The fourth-order valence-electron chi connectivity index (χ4n) is 4.51. The average Bonchev–Trinajstić information content (AvgIpc) is 3.28. The Kier molecular flexibility index (Phi) is 5.73. The van der Waals surface area contributed by atoms with Gasteiger partial charge in [-0.25, -0.2) is 9.50 Å². The van der Waals surface area contributed by atoms with Gasteiger partial charge in [0.2, 0.25) is 0 Å². The zero-order valence-electron chi connectivity index (χ0n) is 18.4. The first-order valence-electron chi connectivity index (χ1n) is 10.9. The number of likely N-dealkylation sites (tertiary alicyclic amines) is 1. The van der Waals surface area contributed by atoms with Crippen molar-refractivity contribution in [2.75, 3.05) is 27.3 Å². The first kappa shape index (κ1) is 20.5. The van der Waals surface area contributed by atoms with E-state index in [1.807, 2.05) is 53.4 Å². The molecule has 164 valence electrons. The minimum Gasteiger partial charge on any atom is -0.493 e. The molecule has 4 heterocycles. The van der Waals surface area contributed by atoms with Crippen LogP contribution in [0.4, 0.5) is 0 Å². The van der Waals surface area contributed by atoms with Crippen LogP contribution in [0.3, 0.4) is 0 Å². The van der Waals surface area contributed by atoms with Crippen LogP contribution in [0.15, 0.2) is 61.1 Å². The topological polar surface area (TPSA) is 64.8 Å². The molecule has 1 aliphatic rings. The zero-order valence-corrected chi connectivity index (χ0v) is 18.4. The second-order valence-corrected chi connectivity index (χ2v) is 8.17. The summed E-state index contributed by atoms with van der Waals surface area (Å²) in [4.78, 5) is 11.6. The molecule has 4 aromatic rings. The van der Waals surface area contributed by atoms with Gasteiger partial charge in [-0.3, -0.25) is 9.88 Å². The van der Waals surface area contributed by atoms with Crippen molar-refractivity contribution in [1.82, 2.24) is 24.5 Å². The lowest BCUT2D eigenvalue weighted by Crippen LogP contribution is -2.34. The van der Waals surface area contributed by atoms with Gasteiger partial charge in [-0.1, -0.05) is 18.2 Å². The van der Waals surface area contributed by atoms with Crippen LogP contribution >= 0.6 is 0 Å². The normalized spacial score (nSPS) is 16.9. The number of piperidine rings is 1. The molecule has 0 aliphatic carbocycles. The van der Waals surface area contributed by atoms with Gasteiger partial charge in [0, 0.05) is 48.7 Å². The zero-order chi connectivity index (χ0) is 21.9. The van der Waals surface area contributed by atoms with Crippen molar-refractivity contribution < 1.29 is 9.47 Å². The van der Waals surface area contributed by atoms with Gasteiger partial charge in [-0.2, -0.15) is 5.10 Å². The standard InChI is InChI=1S/C25H27N5O2/c1-31-22-9-3-8-21(24(22)32-2)19-10-11-23-27-25(28-30(23)17-19)20-7-5-13-29(16-20)15-18-6-4-12-26-14-18/h3-4,6,8-12,14,17,20H,5,7,13,15-16H2,1-2H3/t20-/m1/s1. The summed E-state index contributed by atoms with van der Waals surface area (Å²) in [5, 5.41) is 4.86. The van der Waals surface area contributed by atoms with E-state index in [2.05, 4.69) is 22.0 Å². The maximum absolute atomic E-state index is 5.61. The third-order valence-corrected chi connectivity index (χ3v) is 6.06. The van der Waals surface area contributed by atoms with E-state index in [0.717, 1.165) is 55.1 Å².